The molecule has 0 rings (SSSR count). The van der Waals surface area contributed by atoms with Crippen molar-refractivity contribution in [3.8, 4) is 0 Å². The Morgan fingerprint density at radius 1 is 0.434 bits per heavy atom. The number of hydrogen-bond donors (Lipinski definition) is 3. The molecule has 0 unspecified atom stereocenters. The van der Waals surface area contributed by atoms with Crippen molar-refractivity contribution in [3.63, 3.8) is 0 Å². The van der Waals surface area contributed by atoms with Crippen LogP contribution in [-0.2, 0) is 0 Å². The fourth-order valence-electron chi connectivity index (χ4n) is 4.85. The van der Waals surface area contributed by atoms with Crippen LogP contribution in [0.4, 0.5) is 0 Å². The molecule has 0 aliphatic rings. The van der Waals surface area contributed by atoms with Crippen molar-refractivity contribution in [1.29, 1.82) is 0 Å². The number of hydrogen-bond acceptors (Lipinski definition) is 3. The van der Waals surface area contributed by atoms with Crippen LogP contribution in [0.3, 0.4) is 0 Å². The third kappa shape index (κ3) is 28.4. The van der Waals surface area contributed by atoms with E-state index in [1.54, 1.807) is 13.8 Å². The summed E-state index contributed by atoms with van der Waals surface area (Å²) in [5.74, 6) is 0.0319. The van der Waals surface area contributed by atoms with E-state index in [1.165, 1.54) is 11.1 Å². The zero-order chi connectivity index (χ0) is 40.7. The summed E-state index contributed by atoms with van der Waals surface area (Å²) in [7, 11) is 0. The fourth-order valence-corrected chi connectivity index (χ4v) is 4.85. The highest BCUT2D eigenvalue weighted by atomic mass is 16.3. The average molecular weight is 723 g/mol. The Labute approximate surface area is 325 Å². The van der Waals surface area contributed by atoms with Crippen LogP contribution in [0.1, 0.15) is 116 Å². The minimum atomic E-state index is -0.845. The van der Waals surface area contributed by atoms with Crippen molar-refractivity contribution in [1.82, 2.24) is 0 Å². The molecule has 0 heterocycles. The molecule has 292 valence electrons. The van der Waals surface area contributed by atoms with E-state index in [0.29, 0.717) is 6.42 Å². The van der Waals surface area contributed by atoms with Crippen molar-refractivity contribution in [2.75, 3.05) is 0 Å². The summed E-state index contributed by atoms with van der Waals surface area (Å²) in [6.45, 7) is 27.6. The van der Waals surface area contributed by atoms with E-state index in [9.17, 15) is 15.3 Å². The molecule has 0 aromatic heterocycles. The van der Waals surface area contributed by atoms with Crippen LogP contribution in [0.2, 0.25) is 0 Å². The molecule has 0 spiro atoms. The van der Waals surface area contributed by atoms with Crippen molar-refractivity contribution >= 4 is 0 Å². The molecule has 3 nitrogen and oxygen atoms in total. The third-order valence-electron chi connectivity index (χ3n) is 8.55. The summed E-state index contributed by atoms with van der Waals surface area (Å²) in [6.07, 6.45) is 45.9. The average Bonchev–Trinajstić information content (AvgIpc) is 3.01. The summed E-state index contributed by atoms with van der Waals surface area (Å²) >= 11 is 0. The first-order chi connectivity index (χ1) is 24.5. The van der Waals surface area contributed by atoms with E-state index in [1.807, 2.05) is 46.8 Å². The van der Waals surface area contributed by atoms with Crippen LogP contribution >= 0.6 is 0 Å². The lowest BCUT2D eigenvalue weighted by Gasteiger charge is -2.29. The van der Waals surface area contributed by atoms with Gasteiger partial charge in [0.1, 0.15) is 0 Å². The first-order valence-corrected chi connectivity index (χ1v) is 19.1. The second-order valence-corrected chi connectivity index (χ2v) is 16.4. The SMILES string of the molecule is CC(C)=CC[C@@H](/C=C/C(C)=C/C=C/C(C)=C/C=C/C(C)=C/C=C/C=C(C)/C=C/C=C(C)/C=C/C=C(C)/C=C/[C@H](CCC(C)(C)O)C(C)(C)O)C(C)(C)O. The predicted octanol–water partition coefficient (Wildman–Crippen LogP) is 13.2. The largest absolute Gasteiger partial charge is 0.390 e. The standard InChI is InChI=1S/C50H74O3/c1-39(2)31-34-46(49(11,12)52)35-32-44(7)29-19-27-42(5)25-17-23-40(3)21-15-16-22-41(4)24-18-26-43(6)28-20-30-45(8)33-36-47(50(13,14)53)37-38-48(9,10)51/h15-33,35-36,46-47,51-53H,34,37-38H2,1-14H3/b16-15+,23-17+,24-18+,27-19+,28-20+,35-32+,36-33+,40-21+,41-22+,42-25+,43-26+,44-29+,45-30+/t46-,47+/m0/s1. The minimum absolute atomic E-state index is 0.0348. The van der Waals surface area contributed by atoms with Gasteiger partial charge < -0.3 is 15.3 Å². The van der Waals surface area contributed by atoms with Gasteiger partial charge in [0.05, 0.1) is 16.8 Å². The van der Waals surface area contributed by atoms with Gasteiger partial charge in [0.25, 0.3) is 0 Å². The highest BCUT2D eigenvalue weighted by Gasteiger charge is 2.26. The molecule has 0 aromatic rings. The smallest absolute Gasteiger partial charge is 0.0657 e. The van der Waals surface area contributed by atoms with Gasteiger partial charge in [-0.2, -0.15) is 0 Å². The number of rotatable bonds is 21. The van der Waals surface area contributed by atoms with Crippen LogP contribution in [0.5, 0.6) is 0 Å². The molecule has 0 bridgehead atoms. The summed E-state index contributed by atoms with van der Waals surface area (Å²) in [4.78, 5) is 0. The summed E-state index contributed by atoms with van der Waals surface area (Å²) in [5.41, 5.74) is 5.79. The molecule has 2 atom stereocenters. The van der Waals surface area contributed by atoms with Gasteiger partial charge in [-0.15, -0.1) is 0 Å². The summed E-state index contributed by atoms with van der Waals surface area (Å²) in [6, 6.07) is 0. The molecule has 0 radical (unpaired) electrons. The normalized spacial score (nSPS) is 17.0. The molecular formula is C50H74O3. The van der Waals surface area contributed by atoms with E-state index >= 15 is 0 Å². The van der Waals surface area contributed by atoms with Crippen LogP contribution in [-0.4, -0.2) is 32.1 Å². The Balaban J connectivity index is 5.08. The topological polar surface area (TPSA) is 60.7 Å². The fraction of sp³-hybridized carbons (Fsp3) is 0.440. The van der Waals surface area contributed by atoms with E-state index in [4.69, 9.17) is 0 Å². The molecule has 0 fully saturated rings. The van der Waals surface area contributed by atoms with Crippen LogP contribution in [0.25, 0.3) is 0 Å². The van der Waals surface area contributed by atoms with Gasteiger partial charge >= 0.3 is 0 Å². The zero-order valence-corrected chi connectivity index (χ0v) is 35.7. The van der Waals surface area contributed by atoms with E-state index in [2.05, 4.69) is 164 Å². The molecule has 0 aliphatic carbocycles. The minimum Gasteiger partial charge on any atom is -0.390 e. The van der Waals surface area contributed by atoms with E-state index in [0.717, 1.165) is 40.7 Å². The van der Waals surface area contributed by atoms with Crippen molar-refractivity contribution in [3.05, 3.63) is 167 Å². The second kappa shape index (κ2) is 25.3. The molecule has 0 saturated heterocycles. The molecular weight excluding hydrogens is 649 g/mol. The summed E-state index contributed by atoms with van der Waals surface area (Å²) < 4.78 is 0. The molecule has 0 aliphatic heterocycles. The van der Waals surface area contributed by atoms with Gasteiger partial charge in [0.15, 0.2) is 0 Å². The van der Waals surface area contributed by atoms with Gasteiger partial charge in [-0.05, 0) is 116 Å². The molecule has 3 N–H and O–H groups in total. The van der Waals surface area contributed by atoms with Gasteiger partial charge in [-0.3, -0.25) is 0 Å². The van der Waals surface area contributed by atoms with Crippen LogP contribution in [0.15, 0.2) is 167 Å². The van der Waals surface area contributed by atoms with Gasteiger partial charge in [0, 0.05) is 11.8 Å². The Bertz CT molecular complexity index is 1540. The predicted molar refractivity (Wildman–Crippen MR) is 236 cm³/mol. The lowest BCUT2D eigenvalue weighted by Crippen LogP contribution is -2.31. The highest BCUT2D eigenvalue weighted by molar-refractivity contribution is 5.34. The Morgan fingerprint density at radius 3 is 1.04 bits per heavy atom. The van der Waals surface area contributed by atoms with Crippen LogP contribution in [0, 0.1) is 11.8 Å². The Morgan fingerprint density at radius 2 is 0.736 bits per heavy atom. The molecule has 0 aromatic carbocycles. The second-order valence-electron chi connectivity index (χ2n) is 16.4. The van der Waals surface area contributed by atoms with Crippen molar-refractivity contribution in [2.45, 2.75) is 133 Å². The molecule has 3 heteroatoms. The lowest BCUT2D eigenvalue weighted by atomic mass is 9.84. The Hall–Kier alpha value is -3.76. The number of allylic oxidation sites excluding steroid dienone is 26. The third-order valence-corrected chi connectivity index (χ3v) is 8.55. The maximum atomic E-state index is 10.6. The quantitative estimate of drug-likeness (QED) is 0.0816. The molecule has 53 heavy (non-hydrogen) atoms. The highest BCUT2D eigenvalue weighted by Crippen LogP contribution is 2.27. The van der Waals surface area contributed by atoms with Crippen LogP contribution < -0.4 is 0 Å². The zero-order valence-electron chi connectivity index (χ0n) is 35.7. The van der Waals surface area contributed by atoms with Crippen molar-refractivity contribution in [2.24, 2.45) is 11.8 Å². The van der Waals surface area contributed by atoms with Crippen molar-refractivity contribution < 1.29 is 15.3 Å². The maximum Gasteiger partial charge on any atom is 0.0657 e. The Kier molecular flexibility index (Phi) is 23.5. The first kappa shape index (κ1) is 49.2. The molecule has 0 saturated carbocycles. The molecule has 0 amide bonds. The lowest BCUT2D eigenvalue weighted by molar-refractivity contribution is 0.0140. The first-order valence-electron chi connectivity index (χ1n) is 19.1. The van der Waals surface area contributed by atoms with E-state index in [-0.39, 0.29) is 11.8 Å². The summed E-state index contributed by atoms with van der Waals surface area (Å²) in [5, 5.41) is 31.2. The maximum absolute atomic E-state index is 10.6. The van der Waals surface area contributed by atoms with Gasteiger partial charge in [-0.25, -0.2) is 0 Å². The monoisotopic (exact) mass is 723 g/mol. The van der Waals surface area contributed by atoms with E-state index < -0.39 is 16.8 Å². The van der Waals surface area contributed by atoms with Gasteiger partial charge in [0.2, 0.25) is 0 Å². The number of aliphatic hydroxyl groups is 3. The van der Waals surface area contributed by atoms with Gasteiger partial charge in [-0.1, -0.05) is 167 Å².